The highest BCUT2D eigenvalue weighted by Gasteiger charge is 2.21. The molecular formula is C13H19FN2O. The Morgan fingerprint density at radius 1 is 1.47 bits per heavy atom. The van der Waals surface area contributed by atoms with Gasteiger partial charge in [-0.1, -0.05) is 13.0 Å². The maximum Gasteiger partial charge on any atom is 0.231 e. The highest BCUT2D eigenvalue weighted by atomic mass is 19.1. The van der Waals surface area contributed by atoms with Crippen molar-refractivity contribution in [3.05, 3.63) is 30.1 Å². The van der Waals surface area contributed by atoms with Crippen molar-refractivity contribution < 1.29 is 9.18 Å². The molecule has 0 bridgehead atoms. The molecule has 0 fully saturated rings. The molecule has 0 spiro atoms. The van der Waals surface area contributed by atoms with E-state index < -0.39 is 0 Å². The number of anilines is 1. The lowest BCUT2D eigenvalue weighted by atomic mass is 10.0. The van der Waals surface area contributed by atoms with Crippen LogP contribution in [0.2, 0.25) is 0 Å². The zero-order chi connectivity index (χ0) is 12.8. The predicted octanol–water partition coefficient (Wildman–Crippen LogP) is 2.16. The standard InChI is InChI=1S/C13H19FN2O/c1-3-10(9-15)13(17)16(4-2)12-7-5-6-11(14)8-12/h5-8,10H,3-4,9,15H2,1-2H3. The molecule has 0 aliphatic rings. The lowest BCUT2D eigenvalue weighted by Gasteiger charge is -2.25. The van der Waals surface area contributed by atoms with Gasteiger partial charge in [-0.2, -0.15) is 0 Å². The largest absolute Gasteiger partial charge is 0.330 e. The van der Waals surface area contributed by atoms with E-state index in [1.165, 1.54) is 12.1 Å². The lowest BCUT2D eigenvalue weighted by molar-refractivity contribution is -0.122. The summed E-state index contributed by atoms with van der Waals surface area (Å²) in [5.41, 5.74) is 6.15. The Balaban J connectivity index is 2.95. The predicted molar refractivity (Wildman–Crippen MR) is 67.3 cm³/mol. The van der Waals surface area contributed by atoms with Crippen molar-refractivity contribution in [2.24, 2.45) is 11.7 Å². The van der Waals surface area contributed by atoms with Gasteiger partial charge in [-0.05, 0) is 31.5 Å². The number of rotatable bonds is 5. The molecule has 1 unspecified atom stereocenters. The van der Waals surface area contributed by atoms with Gasteiger partial charge in [0.1, 0.15) is 5.82 Å². The van der Waals surface area contributed by atoms with Crippen molar-refractivity contribution >= 4 is 11.6 Å². The molecule has 0 aromatic heterocycles. The zero-order valence-electron chi connectivity index (χ0n) is 10.3. The number of amides is 1. The molecule has 1 rings (SSSR count). The van der Waals surface area contributed by atoms with Gasteiger partial charge >= 0.3 is 0 Å². The first kappa shape index (κ1) is 13.6. The van der Waals surface area contributed by atoms with E-state index in [9.17, 15) is 9.18 Å². The Hall–Kier alpha value is -1.42. The van der Waals surface area contributed by atoms with Gasteiger partial charge in [0.25, 0.3) is 0 Å². The van der Waals surface area contributed by atoms with Crippen molar-refractivity contribution in [2.45, 2.75) is 20.3 Å². The number of hydrogen-bond acceptors (Lipinski definition) is 2. The van der Waals surface area contributed by atoms with Gasteiger partial charge < -0.3 is 10.6 Å². The number of carbonyl (C=O) groups is 1. The summed E-state index contributed by atoms with van der Waals surface area (Å²) in [6, 6.07) is 6.06. The average Bonchev–Trinajstić information content (AvgIpc) is 2.31. The van der Waals surface area contributed by atoms with Crippen LogP contribution in [0.5, 0.6) is 0 Å². The highest BCUT2D eigenvalue weighted by Crippen LogP contribution is 2.18. The number of nitrogens with two attached hydrogens (primary N) is 1. The third-order valence-corrected chi connectivity index (χ3v) is 2.83. The van der Waals surface area contributed by atoms with Gasteiger partial charge in [0.05, 0.1) is 5.92 Å². The average molecular weight is 238 g/mol. The lowest BCUT2D eigenvalue weighted by Crippen LogP contribution is -2.39. The quantitative estimate of drug-likeness (QED) is 0.854. The van der Waals surface area contributed by atoms with Gasteiger partial charge in [-0.25, -0.2) is 4.39 Å². The molecule has 3 nitrogen and oxygen atoms in total. The van der Waals surface area contributed by atoms with E-state index in [-0.39, 0.29) is 17.6 Å². The molecule has 0 saturated carbocycles. The van der Waals surface area contributed by atoms with Gasteiger partial charge in [-0.3, -0.25) is 4.79 Å². The Labute approximate surface area is 101 Å². The fraction of sp³-hybridized carbons (Fsp3) is 0.462. The van der Waals surface area contributed by atoms with Crippen molar-refractivity contribution in [3.63, 3.8) is 0 Å². The third-order valence-electron chi connectivity index (χ3n) is 2.83. The molecule has 0 aliphatic carbocycles. The molecule has 0 aliphatic heterocycles. The van der Waals surface area contributed by atoms with E-state index in [0.717, 1.165) is 0 Å². The van der Waals surface area contributed by atoms with E-state index in [1.807, 2.05) is 13.8 Å². The minimum Gasteiger partial charge on any atom is -0.330 e. The van der Waals surface area contributed by atoms with Crippen molar-refractivity contribution in [1.82, 2.24) is 0 Å². The maximum absolute atomic E-state index is 13.1. The van der Waals surface area contributed by atoms with Gasteiger partial charge in [0.15, 0.2) is 0 Å². The van der Waals surface area contributed by atoms with Crippen LogP contribution in [-0.4, -0.2) is 19.0 Å². The second-order valence-corrected chi connectivity index (χ2v) is 3.90. The summed E-state index contributed by atoms with van der Waals surface area (Å²) in [7, 11) is 0. The second-order valence-electron chi connectivity index (χ2n) is 3.90. The Morgan fingerprint density at radius 3 is 2.65 bits per heavy atom. The normalized spacial score (nSPS) is 12.2. The van der Waals surface area contributed by atoms with E-state index in [0.29, 0.717) is 25.2 Å². The first-order chi connectivity index (χ1) is 8.13. The number of hydrogen-bond donors (Lipinski definition) is 1. The molecule has 1 aromatic rings. The minimum absolute atomic E-state index is 0.0388. The van der Waals surface area contributed by atoms with Crippen LogP contribution in [0.1, 0.15) is 20.3 Å². The van der Waals surface area contributed by atoms with Crippen LogP contribution >= 0.6 is 0 Å². The van der Waals surface area contributed by atoms with Crippen LogP contribution in [0.3, 0.4) is 0 Å². The molecule has 0 saturated heterocycles. The molecule has 1 amide bonds. The molecule has 1 atom stereocenters. The molecule has 0 radical (unpaired) electrons. The molecule has 4 heteroatoms. The summed E-state index contributed by atoms with van der Waals surface area (Å²) < 4.78 is 13.1. The maximum atomic E-state index is 13.1. The highest BCUT2D eigenvalue weighted by molar-refractivity contribution is 5.95. The van der Waals surface area contributed by atoms with Crippen LogP contribution in [0.4, 0.5) is 10.1 Å². The van der Waals surface area contributed by atoms with Crippen molar-refractivity contribution in [3.8, 4) is 0 Å². The Bertz CT molecular complexity index is 377. The van der Waals surface area contributed by atoms with Gasteiger partial charge in [0.2, 0.25) is 5.91 Å². The molecule has 1 aromatic carbocycles. The number of carbonyl (C=O) groups excluding carboxylic acids is 1. The van der Waals surface area contributed by atoms with Crippen molar-refractivity contribution in [2.75, 3.05) is 18.0 Å². The van der Waals surface area contributed by atoms with Crippen LogP contribution in [0.25, 0.3) is 0 Å². The van der Waals surface area contributed by atoms with Crippen LogP contribution < -0.4 is 10.6 Å². The monoisotopic (exact) mass is 238 g/mol. The Kier molecular flexibility index (Phi) is 5.10. The SMILES string of the molecule is CCC(CN)C(=O)N(CC)c1cccc(F)c1. The van der Waals surface area contributed by atoms with E-state index in [1.54, 1.807) is 17.0 Å². The summed E-state index contributed by atoms with van der Waals surface area (Å²) in [5, 5.41) is 0. The summed E-state index contributed by atoms with van der Waals surface area (Å²) >= 11 is 0. The fourth-order valence-electron chi connectivity index (χ4n) is 1.77. The summed E-state index contributed by atoms with van der Waals surface area (Å²) in [6.45, 7) is 4.63. The topological polar surface area (TPSA) is 46.3 Å². The van der Waals surface area contributed by atoms with E-state index >= 15 is 0 Å². The first-order valence-electron chi connectivity index (χ1n) is 5.91. The van der Waals surface area contributed by atoms with Gasteiger partial charge in [0, 0.05) is 18.8 Å². The molecule has 2 N–H and O–H groups in total. The number of nitrogens with zero attached hydrogens (tertiary/aromatic N) is 1. The van der Waals surface area contributed by atoms with Crippen molar-refractivity contribution in [1.29, 1.82) is 0 Å². The third kappa shape index (κ3) is 3.27. The molecule has 17 heavy (non-hydrogen) atoms. The minimum atomic E-state index is -0.338. The van der Waals surface area contributed by atoms with E-state index in [4.69, 9.17) is 5.73 Å². The number of halogens is 1. The van der Waals surface area contributed by atoms with Gasteiger partial charge in [-0.15, -0.1) is 0 Å². The zero-order valence-corrected chi connectivity index (χ0v) is 10.3. The molecule has 94 valence electrons. The summed E-state index contributed by atoms with van der Waals surface area (Å²) in [6.07, 6.45) is 0.696. The number of benzene rings is 1. The van der Waals surface area contributed by atoms with Crippen LogP contribution in [0.15, 0.2) is 24.3 Å². The van der Waals surface area contributed by atoms with Crippen LogP contribution in [0, 0.1) is 11.7 Å². The first-order valence-corrected chi connectivity index (χ1v) is 5.91. The second kappa shape index (κ2) is 6.35. The summed E-state index contributed by atoms with van der Waals surface area (Å²) in [5.74, 6) is -0.573. The van der Waals surface area contributed by atoms with E-state index in [2.05, 4.69) is 0 Å². The smallest absolute Gasteiger partial charge is 0.231 e. The fourth-order valence-corrected chi connectivity index (χ4v) is 1.77. The summed E-state index contributed by atoms with van der Waals surface area (Å²) in [4.78, 5) is 13.7. The molecule has 0 heterocycles. The Morgan fingerprint density at radius 2 is 2.18 bits per heavy atom. The molecular weight excluding hydrogens is 219 g/mol. The van der Waals surface area contributed by atoms with Crippen LogP contribution in [-0.2, 0) is 4.79 Å².